The van der Waals surface area contributed by atoms with Gasteiger partial charge in [-0.2, -0.15) is 0 Å². The number of unbranched alkanes of at least 4 members (excludes halogenated alkanes) is 1. The van der Waals surface area contributed by atoms with Crippen LogP contribution in [0, 0.1) is 11.3 Å². The molecule has 18 heteroatoms. The van der Waals surface area contributed by atoms with Crippen LogP contribution in [0.15, 0.2) is 66.4 Å². The number of nitrogens with one attached hydrogen (secondary N) is 5. The zero-order valence-electron chi connectivity index (χ0n) is 42.9. The van der Waals surface area contributed by atoms with Crippen LogP contribution in [0.5, 0.6) is 0 Å². The first-order valence-corrected chi connectivity index (χ1v) is 23.9. The number of Topliss-reactive ketones (excluding diaryl/α,β-unsaturated/α-hetero) is 1. The molecule has 0 aliphatic carbocycles. The Balaban J connectivity index is 1.53. The molecule has 70 heavy (non-hydrogen) atoms. The number of hydrogen-bond acceptors (Lipinski definition) is 12. The summed E-state index contributed by atoms with van der Waals surface area (Å²) in [5.41, 5.74) is 7.39. The Labute approximate surface area is 412 Å². The van der Waals surface area contributed by atoms with Crippen molar-refractivity contribution in [1.82, 2.24) is 30.7 Å². The van der Waals surface area contributed by atoms with Gasteiger partial charge in [-0.05, 0) is 81.4 Å². The number of ether oxygens (including phenoxy) is 2. The third kappa shape index (κ3) is 17.2. The van der Waals surface area contributed by atoms with Crippen molar-refractivity contribution in [3.8, 4) is 0 Å². The van der Waals surface area contributed by atoms with Gasteiger partial charge in [0, 0.05) is 79.6 Å². The average molecular weight is 973 g/mol. The van der Waals surface area contributed by atoms with Crippen LogP contribution in [0.25, 0.3) is 10.9 Å². The van der Waals surface area contributed by atoms with Crippen LogP contribution in [0.1, 0.15) is 105 Å². The fourth-order valence-electron chi connectivity index (χ4n) is 7.88. The molecular formula is C52H76N8O10. The first kappa shape index (κ1) is 57.9. The quantitative estimate of drug-likeness (QED) is 0.0355. The fraction of sp³-hybridized carbons (Fsp3) is 0.538. The number of carbonyl (C=O) groups excluding carboxylic acids is 8. The molecule has 0 spiro atoms. The van der Waals surface area contributed by atoms with E-state index in [9.17, 15) is 38.4 Å². The monoisotopic (exact) mass is 973 g/mol. The van der Waals surface area contributed by atoms with Gasteiger partial charge < -0.3 is 51.3 Å². The summed E-state index contributed by atoms with van der Waals surface area (Å²) in [6, 6.07) is 11.7. The highest BCUT2D eigenvalue weighted by Crippen LogP contribution is 2.35. The SMILES string of the molecule is CCOC(=O)[C@@H](CCC(=O)OCc1ccc(NC(=O)CNC(=O)[C@H](C)CC(=O)CCCCN)cc1)NC(=O)/C(C)=C/CN(C)C(=O)C(NC(=O)[C@@H](NC)C(C)(C)c1cn(C)c2ccccc12)C(C)(C)C. The van der Waals surface area contributed by atoms with Crippen molar-refractivity contribution in [3.05, 3.63) is 77.5 Å². The Bertz CT molecular complexity index is 2330. The number of carbonyl (C=O) groups is 8. The molecule has 0 radical (unpaired) electrons. The predicted octanol–water partition coefficient (Wildman–Crippen LogP) is 4.33. The zero-order valence-corrected chi connectivity index (χ0v) is 42.9. The van der Waals surface area contributed by atoms with Gasteiger partial charge in [0.15, 0.2) is 0 Å². The number of nitrogens with two attached hydrogens (primary N) is 1. The van der Waals surface area contributed by atoms with E-state index in [1.165, 1.54) is 11.8 Å². The Morgan fingerprint density at radius 3 is 2.17 bits per heavy atom. The molecule has 0 aliphatic rings. The second kappa shape index (κ2) is 27.1. The van der Waals surface area contributed by atoms with Crippen molar-refractivity contribution in [2.45, 2.75) is 124 Å². The van der Waals surface area contributed by atoms with Gasteiger partial charge in [-0.15, -0.1) is 0 Å². The largest absolute Gasteiger partial charge is 0.464 e. The summed E-state index contributed by atoms with van der Waals surface area (Å²) in [7, 11) is 5.27. The minimum atomic E-state index is -1.17. The van der Waals surface area contributed by atoms with Crippen LogP contribution in [0.2, 0.25) is 0 Å². The molecule has 18 nitrogen and oxygen atoms in total. The zero-order chi connectivity index (χ0) is 52.3. The number of amides is 5. The molecule has 2 aromatic carbocycles. The highest BCUT2D eigenvalue weighted by atomic mass is 16.5. The summed E-state index contributed by atoms with van der Waals surface area (Å²) in [6.07, 6.45) is 5.10. The maximum Gasteiger partial charge on any atom is 0.328 e. The van der Waals surface area contributed by atoms with Crippen molar-refractivity contribution in [2.24, 2.45) is 24.1 Å². The molecule has 7 N–H and O–H groups in total. The Morgan fingerprint density at radius 2 is 1.54 bits per heavy atom. The van der Waals surface area contributed by atoms with E-state index < -0.39 is 64.5 Å². The van der Waals surface area contributed by atoms with Crippen LogP contribution < -0.4 is 32.3 Å². The first-order valence-electron chi connectivity index (χ1n) is 23.9. The highest BCUT2D eigenvalue weighted by molar-refractivity contribution is 5.97. The molecule has 384 valence electrons. The maximum absolute atomic E-state index is 14.1. The number of rotatable bonds is 27. The smallest absolute Gasteiger partial charge is 0.328 e. The van der Waals surface area contributed by atoms with Crippen LogP contribution in [0.3, 0.4) is 0 Å². The molecule has 1 aromatic heterocycles. The van der Waals surface area contributed by atoms with E-state index in [0.29, 0.717) is 30.6 Å². The molecule has 1 unspecified atom stereocenters. The van der Waals surface area contributed by atoms with E-state index in [-0.39, 0.29) is 68.7 Å². The minimum Gasteiger partial charge on any atom is -0.464 e. The average Bonchev–Trinajstić information content (AvgIpc) is 3.66. The van der Waals surface area contributed by atoms with Crippen molar-refractivity contribution in [1.29, 1.82) is 0 Å². The van der Waals surface area contributed by atoms with E-state index in [1.807, 2.05) is 76.7 Å². The number of hydrogen-bond donors (Lipinski definition) is 6. The van der Waals surface area contributed by atoms with E-state index in [4.69, 9.17) is 15.2 Å². The second-order valence-electron chi connectivity index (χ2n) is 19.4. The number of aromatic nitrogens is 1. The van der Waals surface area contributed by atoms with Crippen LogP contribution in [-0.2, 0) is 66.9 Å². The van der Waals surface area contributed by atoms with Crippen molar-refractivity contribution in [2.75, 3.05) is 45.7 Å². The molecule has 5 amide bonds. The van der Waals surface area contributed by atoms with E-state index in [2.05, 4.69) is 26.6 Å². The number of benzene rings is 2. The lowest BCUT2D eigenvalue weighted by atomic mass is 9.76. The molecule has 0 bridgehead atoms. The highest BCUT2D eigenvalue weighted by Gasteiger charge is 2.42. The molecule has 3 rings (SSSR count). The van der Waals surface area contributed by atoms with Gasteiger partial charge in [0.25, 0.3) is 0 Å². The minimum absolute atomic E-state index is 0.0135. The lowest BCUT2D eigenvalue weighted by Gasteiger charge is -2.38. The number of anilines is 1. The van der Waals surface area contributed by atoms with Gasteiger partial charge in [-0.1, -0.05) is 78.0 Å². The number of esters is 2. The number of fused-ring (bicyclic) bond motifs is 1. The molecule has 0 fully saturated rings. The predicted molar refractivity (Wildman–Crippen MR) is 269 cm³/mol. The van der Waals surface area contributed by atoms with Gasteiger partial charge in [0.1, 0.15) is 24.5 Å². The summed E-state index contributed by atoms with van der Waals surface area (Å²) in [5.74, 6) is -4.13. The second-order valence-corrected chi connectivity index (χ2v) is 19.4. The van der Waals surface area contributed by atoms with E-state index >= 15 is 0 Å². The van der Waals surface area contributed by atoms with Gasteiger partial charge in [-0.3, -0.25) is 33.6 Å². The number of likely N-dealkylation sites (N-methyl/N-ethyl adjacent to an activating group) is 2. The van der Waals surface area contributed by atoms with E-state index in [0.717, 1.165) is 22.9 Å². The Kier molecular flexibility index (Phi) is 22.4. The van der Waals surface area contributed by atoms with Gasteiger partial charge in [0.05, 0.1) is 19.2 Å². The van der Waals surface area contributed by atoms with Crippen molar-refractivity contribution >= 4 is 63.8 Å². The van der Waals surface area contributed by atoms with Gasteiger partial charge in [-0.25, -0.2) is 4.79 Å². The molecular weight excluding hydrogens is 897 g/mol. The molecule has 1 heterocycles. The molecule has 0 saturated carbocycles. The Hall–Kier alpha value is -6.40. The summed E-state index contributed by atoms with van der Waals surface area (Å²) >= 11 is 0. The van der Waals surface area contributed by atoms with E-state index in [1.54, 1.807) is 58.3 Å². The fourth-order valence-corrected chi connectivity index (χ4v) is 7.88. The van der Waals surface area contributed by atoms with Gasteiger partial charge >= 0.3 is 11.9 Å². The molecule has 0 aliphatic heterocycles. The van der Waals surface area contributed by atoms with Gasteiger partial charge in [0.2, 0.25) is 29.5 Å². The number of para-hydroxylation sites is 1. The lowest BCUT2D eigenvalue weighted by molar-refractivity contribution is -0.149. The third-order valence-electron chi connectivity index (χ3n) is 12.1. The first-order chi connectivity index (χ1) is 32.9. The summed E-state index contributed by atoms with van der Waals surface area (Å²) in [5, 5.41) is 15.1. The third-order valence-corrected chi connectivity index (χ3v) is 12.1. The molecule has 4 atom stereocenters. The Morgan fingerprint density at radius 1 is 0.871 bits per heavy atom. The number of aryl methyl sites for hydroxylation is 1. The normalized spacial score (nSPS) is 13.6. The van der Waals surface area contributed by atoms with Crippen molar-refractivity contribution in [3.63, 3.8) is 0 Å². The summed E-state index contributed by atoms with van der Waals surface area (Å²) < 4.78 is 12.6. The molecule has 0 saturated heterocycles. The van der Waals surface area contributed by atoms with Crippen molar-refractivity contribution < 1.29 is 47.8 Å². The lowest BCUT2D eigenvalue weighted by Crippen LogP contribution is -2.60. The van der Waals surface area contributed by atoms with Crippen LogP contribution >= 0.6 is 0 Å². The standard InChI is InChI=1S/C52H76N8O10/c1-12-69-50(68)40(24-25-43(63)70-32-35-20-22-36(23-21-35)56-42(62)30-55-46(64)34(3)29-37(61)17-15-16-27-53)57-47(65)33(2)26-28-59(10)49(67)45(51(4,5)6)58-48(66)44(54-9)52(7,8)39-31-60(11)41-19-14-13-18-38(39)41/h13-14,18-23,26,31,34,40,44-45,54H,12,15-17,24-25,27-30,32,53H2,1-11H3,(H,55,64)(H,56,62)(H,57,65)(H,58,66)/b33-26+/t34-,40-,44-,45?/m1/s1. The van der Waals surface area contributed by atoms with Crippen LogP contribution in [-0.4, -0.2) is 115 Å². The topological polar surface area (TPSA) is 249 Å². The maximum atomic E-state index is 14.1. The van der Waals surface area contributed by atoms with Crippen LogP contribution in [0.4, 0.5) is 5.69 Å². The number of nitrogens with zero attached hydrogens (tertiary/aromatic N) is 2. The number of ketones is 1. The summed E-state index contributed by atoms with van der Waals surface area (Å²) in [6.45, 7) is 14.6. The summed E-state index contributed by atoms with van der Waals surface area (Å²) in [4.78, 5) is 106. The molecule has 3 aromatic rings.